The number of thioether (sulfide) groups is 1. The molecule has 0 unspecified atom stereocenters. The lowest BCUT2D eigenvalue weighted by Gasteiger charge is -2.17. The van der Waals surface area contributed by atoms with Gasteiger partial charge in [-0.1, -0.05) is 18.2 Å². The molecule has 0 radical (unpaired) electrons. The molecule has 1 amide bonds. The van der Waals surface area contributed by atoms with Crippen LogP contribution in [0.2, 0.25) is 0 Å². The predicted molar refractivity (Wildman–Crippen MR) is 123 cm³/mol. The summed E-state index contributed by atoms with van der Waals surface area (Å²) in [6, 6.07) is 7.84. The van der Waals surface area contributed by atoms with Crippen molar-refractivity contribution in [3.63, 3.8) is 0 Å². The molecule has 0 saturated heterocycles. The van der Waals surface area contributed by atoms with Crippen molar-refractivity contribution in [2.75, 3.05) is 26.0 Å². The zero-order chi connectivity index (χ0) is 21.1. The van der Waals surface area contributed by atoms with E-state index in [2.05, 4.69) is 9.97 Å². The van der Waals surface area contributed by atoms with Crippen LogP contribution in [0.5, 0.6) is 5.75 Å². The Morgan fingerprint density at radius 1 is 1.33 bits per heavy atom. The Morgan fingerprint density at radius 2 is 2.17 bits per heavy atom. The first kappa shape index (κ1) is 20.9. The van der Waals surface area contributed by atoms with Gasteiger partial charge in [-0.2, -0.15) is 0 Å². The number of thiophene rings is 1. The molecule has 1 aliphatic carbocycles. The molecule has 2 aromatic heterocycles. The number of hydrogen-bond donors (Lipinski definition) is 1. The van der Waals surface area contributed by atoms with Crippen molar-refractivity contribution >= 4 is 39.2 Å². The third-order valence-corrected chi connectivity index (χ3v) is 7.41. The van der Waals surface area contributed by atoms with Crippen molar-refractivity contribution < 1.29 is 9.53 Å². The van der Waals surface area contributed by atoms with E-state index >= 15 is 0 Å². The molecule has 4 rings (SSSR count). The highest BCUT2D eigenvalue weighted by molar-refractivity contribution is 7.99. The van der Waals surface area contributed by atoms with Crippen LogP contribution in [0.3, 0.4) is 0 Å². The molecule has 0 aliphatic heterocycles. The van der Waals surface area contributed by atoms with E-state index in [0.29, 0.717) is 30.5 Å². The number of ether oxygens (including phenoxy) is 1. The number of aromatic nitrogens is 2. The number of carbonyl (C=O) groups excluding carboxylic acids is 1. The SMILES string of the molecule is Cc1ccccc1OCCN(C)C(=O)CSCc1nc2sc3c(c2c(=O)[nH]1)CCC3. The number of H-pyrrole nitrogens is 1. The molecule has 0 saturated carbocycles. The molecule has 6 nitrogen and oxygen atoms in total. The molecule has 1 aliphatic rings. The normalized spacial score (nSPS) is 12.9. The number of nitrogens with zero attached hydrogens (tertiary/aromatic N) is 2. The summed E-state index contributed by atoms with van der Waals surface area (Å²) in [5.41, 5.74) is 2.22. The second kappa shape index (κ2) is 9.22. The van der Waals surface area contributed by atoms with Gasteiger partial charge >= 0.3 is 0 Å². The largest absolute Gasteiger partial charge is 0.491 e. The standard InChI is InChI=1S/C22H25N3O3S2/c1-14-6-3-4-8-16(14)28-11-10-25(2)19(26)13-29-12-18-23-21(27)20-15-7-5-9-17(15)30-22(20)24-18/h3-4,6,8H,5,7,9-13H2,1-2H3,(H,23,24,27). The predicted octanol–water partition coefficient (Wildman–Crippen LogP) is 3.55. The van der Waals surface area contributed by atoms with Crippen LogP contribution in [0.25, 0.3) is 10.2 Å². The molecule has 0 spiro atoms. The highest BCUT2D eigenvalue weighted by Gasteiger charge is 2.21. The lowest BCUT2D eigenvalue weighted by Crippen LogP contribution is -2.32. The van der Waals surface area contributed by atoms with Crippen molar-refractivity contribution in [2.45, 2.75) is 31.9 Å². The number of likely N-dealkylation sites (N-methyl/N-ethyl adjacent to an activating group) is 1. The van der Waals surface area contributed by atoms with Gasteiger partial charge in [-0.15, -0.1) is 23.1 Å². The maximum absolute atomic E-state index is 12.5. The molecule has 3 aromatic rings. The number of amides is 1. The van der Waals surface area contributed by atoms with Crippen LogP contribution in [0.15, 0.2) is 29.1 Å². The second-order valence-corrected chi connectivity index (χ2v) is 9.54. The Balaban J connectivity index is 1.26. The fourth-order valence-corrected chi connectivity index (χ4v) is 5.70. The van der Waals surface area contributed by atoms with Crippen LogP contribution in [0, 0.1) is 6.92 Å². The summed E-state index contributed by atoms with van der Waals surface area (Å²) in [6.07, 6.45) is 3.15. The highest BCUT2D eigenvalue weighted by atomic mass is 32.2. The minimum absolute atomic E-state index is 0.0342. The van der Waals surface area contributed by atoms with E-state index < -0.39 is 0 Å². The van der Waals surface area contributed by atoms with Gasteiger partial charge in [0.25, 0.3) is 5.56 Å². The van der Waals surface area contributed by atoms with E-state index in [-0.39, 0.29) is 11.5 Å². The number of nitrogens with one attached hydrogen (secondary N) is 1. The minimum Gasteiger partial charge on any atom is -0.491 e. The molecular weight excluding hydrogens is 418 g/mol. The van der Waals surface area contributed by atoms with Gasteiger partial charge in [0.2, 0.25) is 5.91 Å². The zero-order valence-corrected chi connectivity index (χ0v) is 18.8. The van der Waals surface area contributed by atoms with E-state index in [1.165, 1.54) is 22.2 Å². The van der Waals surface area contributed by atoms with Crippen molar-refractivity contribution in [1.82, 2.24) is 14.9 Å². The average molecular weight is 444 g/mol. The summed E-state index contributed by atoms with van der Waals surface area (Å²) in [7, 11) is 1.78. The van der Waals surface area contributed by atoms with E-state index in [1.807, 2.05) is 31.2 Å². The van der Waals surface area contributed by atoms with E-state index in [0.717, 1.165) is 40.8 Å². The molecule has 8 heteroatoms. The smallest absolute Gasteiger partial charge is 0.259 e. The van der Waals surface area contributed by atoms with Crippen LogP contribution < -0.4 is 10.3 Å². The average Bonchev–Trinajstić information content (AvgIpc) is 3.30. The first-order valence-corrected chi connectivity index (χ1v) is 12.0. The summed E-state index contributed by atoms with van der Waals surface area (Å²) < 4.78 is 5.76. The molecule has 0 bridgehead atoms. The molecule has 1 N–H and O–H groups in total. The quantitative estimate of drug-likeness (QED) is 0.576. The summed E-state index contributed by atoms with van der Waals surface area (Å²) in [4.78, 5) is 36.2. The van der Waals surface area contributed by atoms with Gasteiger partial charge in [0.15, 0.2) is 0 Å². The number of para-hydroxylation sites is 1. The van der Waals surface area contributed by atoms with Gasteiger partial charge in [0.05, 0.1) is 23.4 Å². The Hall–Kier alpha value is -2.32. The first-order valence-electron chi connectivity index (χ1n) is 10.1. The molecule has 0 fully saturated rings. The Morgan fingerprint density at radius 3 is 3.00 bits per heavy atom. The third kappa shape index (κ3) is 4.54. The Bertz CT molecular complexity index is 1120. The van der Waals surface area contributed by atoms with Gasteiger partial charge in [0, 0.05) is 11.9 Å². The molecule has 1 aromatic carbocycles. The maximum Gasteiger partial charge on any atom is 0.259 e. The van der Waals surface area contributed by atoms with Gasteiger partial charge in [0.1, 0.15) is 23.0 Å². The fourth-order valence-electron chi connectivity index (χ4n) is 3.60. The molecular formula is C22H25N3O3S2. The monoisotopic (exact) mass is 443 g/mol. The van der Waals surface area contributed by atoms with E-state index in [4.69, 9.17) is 4.74 Å². The molecule has 2 heterocycles. The first-order chi connectivity index (χ1) is 14.5. The molecule has 30 heavy (non-hydrogen) atoms. The van der Waals surface area contributed by atoms with Gasteiger partial charge in [-0.25, -0.2) is 4.98 Å². The van der Waals surface area contributed by atoms with E-state index in [1.54, 1.807) is 23.3 Å². The summed E-state index contributed by atoms with van der Waals surface area (Å²) in [5, 5.41) is 0.769. The van der Waals surface area contributed by atoms with Crippen LogP contribution in [-0.4, -0.2) is 46.7 Å². The van der Waals surface area contributed by atoms with Gasteiger partial charge in [-0.3, -0.25) is 9.59 Å². The summed E-state index contributed by atoms with van der Waals surface area (Å²) in [6.45, 7) is 2.97. The van der Waals surface area contributed by atoms with Crippen LogP contribution in [0.1, 0.15) is 28.2 Å². The number of aryl methyl sites for hydroxylation is 3. The number of benzene rings is 1. The van der Waals surface area contributed by atoms with Crippen molar-refractivity contribution in [3.05, 3.63) is 56.4 Å². The molecule has 0 atom stereocenters. The number of aromatic amines is 1. The van der Waals surface area contributed by atoms with Crippen LogP contribution >= 0.6 is 23.1 Å². The topological polar surface area (TPSA) is 75.3 Å². The number of fused-ring (bicyclic) bond motifs is 3. The van der Waals surface area contributed by atoms with E-state index in [9.17, 15) is 9.59 Å². The number of carbonyl (C=O) groups is 1. The summed E-state index contributed by atoms with van der Waals surface area (Å²) >= 11 is 3.10. The fraction of sp³-hybridized carbons (Fsp3) is 0.409. The van der Waals surface area contributed by atoms with Crippen LogP contribution in [0.4, 0.5) is 0 Å². The Kier molecular flexibility index (Phi) is 6.43. The third-order valence-electron chi connectivity index (χ3n) is 5.29. The van der Waals surface area contributed by atoms with Crippen molar-refractivity contribution in [1.29, 1.82) is 0 Å². The van der Waals surface area contributed by atoms with Crippen LogP contribution in [-0.2, 0) is 23.4 Å². The zero-order valence-electron chi connectivity index (χ0n) is 17.2. The lowest BCUT2D eigenvalue weighted by atomic mass is 10.2. The minimum atomic E-state index is -0.0493. The Labute approximate surface area is 183 Å². The van der Waals surface area contributed by atoms with Crippen molar-refractivity contribution in [2.24, 2.45) is 0 Å². The van der Waals surface area contributed by atoms with Gasteiger partial charge < -0.3 is 14.6 Å². The summed E-state index contributed by atoms with van der Waals surface area (Å²) in [5.74, 6) is 2.36. The second-order valence-electron chi connectivity index (χ2n) is 7.47. The number of rotatable bonds is 8. The number of hydrogen-bond acceptors (Lipinski definition) is 6. The van der Waals surface area contributed by atoms with Crippen molar-refractivity contribution in [3.8, 4) is 5.75 Å². The maximum atomic E-state index is 12.5. The van der Waals surface area contributed by atoms with Gasteiger partial charge in [-0.05, 0) is 43.4 Å². The highest BCUT2D eigenvalue weighted by Crippen LogP contribution is 2.34. The lowest BCUT2D eigenvalue weighted by molar-refractivity contribution is -0.127. The molecule has 158 valence electrons.